The Morgan fingerprint density at radius 2 is 1.68 bits per heavy atom. The third kappa shape index (κ3) is 6.46. The number of hydrogen-bond acceptors (Lipinski definition) is 3. The Hall–Kier alpha value is -3.05. The van der Waals surface area contributed by atoms with Gasteiger partial charge in [0.25, 0.3) is 5.91 Å². The highest BCUT2D eigenvalue weighted by molar-refractivity contribution is 6.30. The van der Waals surface area contributed by atoms with Gasteiger partial charge in [-0.15, -0.1) is 0 Å². The van der Waals surface area contributed by atoms with Crippen LogP contribution in [-0.2, 0) is 17.8 Å². The first-order valence-corrected chi connectivity index (χ1v) is 10.7. The molecule has 0 saturated carbocycles. The third-order valence-electron chi connectivity index (χ3n) is 5.07. The monoisotopic (exact) mass is 438 g/mol. The van der Waals surface area contributed by atoms with Crippen LogP contribution in [0, 0.1) is 0 Å². The number of rotatable bonds is 9. The van der Waals surface area contributed by atoms with Gasteiger partial charge in [0.05, 0.1) is 12.8 Å². The summed E-state index contributed by atoms with van der Waals surface area (Å²) in [6.45, 7) is 4.70. The lowest BCUT2D eigenvalue weighted by atomic mass is 10.1. The van der Waals surface area contributed by atoms with Gasteiger partial charge in [0.15, 0.2) is 0 Å². The summed E-state index contributed by atoms with van der Waals surface area (Å²) in [4.78, 5) is 29.6. The van der Waals surface area contributed by atoms with Crippen LogP contribution in [0.5, 0.6) is 0 Å². The zero-order valence-electron chi connectivity index (χ0n) is 17.8. The van der Waals surface area contributed by atoms with Gasteiger partial charge in [-0.3, -0.25) is 9.59 Å². The number of furan rings is 1. The van der Waals surface area contributed by atoms with Gasteiger partial charge in [0.2, 0.25) is 5.91 Å². The normalized spacial score (nSPS) is 10.8. The number of carbonyl (C=O) groups is 2. The van der Waals surface area contributed by atoms with Crippen molar-refractivity contribution in [1.29, 1.82) is 0 Å². The van der Waals surface area contributed by atoms with E-state index in [9.17, 15) is 9.59 Å². The Balaban J connectivity index is 1.74. The molecule has 31 heavy (non-hydrogen) atoms. The fraction of sp³-hybridized carbons (Fsp3) is 0.280. The molecule has 3 aromatic rings. The smallest absolute Gasteiger partial charge is 0.254 e. The fourth-order valence-electron chi connectivity index (χ4n) is 3.28. The second-order valence-corrected chi connectivity index (χ2v) is 8.10. The molecule has 0 saturated heterocycles. The Bertz CT molecular complexity index is 970. The van der Waals surface area contributed by atoms with Gasteiger partial charge < -0.3 is 14.2 Å². The maximum absolute atomic E-state index is 13.3. The van der Waals surface area contributed by atoms with E-state index in [1.165, 1.54) is 0 Å². The minimum absolute atomic E-state index is 0.00533. The zero-order chi connectivity index (χ0) is 22.2. The molecular weight excluding hydrogens is 412 g/mol. The van der Waals surface area contributed by atoms with Crippen LogP contribution in [0.3, 0.4) is 0 Å². The van der Waals surface area contributed by atoms with Crippen molar-refractivity contribution >= 4 is 23.4 Å². The molecule has 0 aliphatic rings. The number of amides is 2. The highest BCUT2D eigenvalue weighted by Crippen LogP contribution is 2.15. The number of halogens is 1. The van der Waals surface area contributed by atoms with Crippen LogP contribution in [-0.4, -0.2) is 40.7 Å². The number of carbonyl (C=O) groups excluding carboxylic acids is 2. The van der Waals surface area contributed by atoms with E-state index in [1.807, 2.05) is 50.2 Å². The minimum atomic E-state index is -0.193. The number of benzene rings is 2. The molecule has 0 unspecified atom stereocenters. The summed E-state index contributed by atoms with van der Waals surface area (Å²) in [5.74, 6) is 0.394. The average Bonchev–Trinajstić information content (AvgIpc) is 3.28. The van der Waals surface area contributed by atoms with Crippen molar-refractivity contribution in [2.24, 2.45) is 0 Å². The summed E-state index contributed by atoms with van der Waals surface area (Å²) >= 11 is 5.94. The average molecular weight is 439 g/mol. The summed E-state index contributed by atoms with van der Waals surface area (Å²) in [5.41, 5.74) is 1.66. The minimum Gasteiger partial charge on any atom is -0.467 e. The van der Waals surface area contributed by atoms with Crippen molar-refractivity contribution in [2.75, 3.05) is 13.1 Å². The first-order valence-electron chi connectivity index (χ1n) is 10.3. The van der Waals surface area contributed by atoms with Crippen molar-refractivity contribution in [3.63, 3.8) is 0 Å². The molecule has 0 atom stereocenters. The Kier molecular flexibility index (Phi) is 7.90. The molecule has 2 aromatic carbocycles. The molecule has 2 amide bonds. The molecule has 0 spiro atoms. The van der Waals surface area contributed by atoms with E-state index >= 15 is 0 Å². The van der Waals surface area contributed by atoms with Gasteiger partial charge in [-0.25, -0.2) is 0 Å². The van der Waals surface area contributed by atoms with Crippen LogP contribution in [0.2, 0.25) is 5.02 Å². The second-order valence-electron chi connectivity index (χ2n) is 7.66. The molecule has 0 N–H and O–H groups in total. The van der Waals surface area contributed by atoms with Crippen molar-refractivity contribution in [3.05, 3.63) is 94.9 Å². The predicted octanol–water partition coefficient (Wildman–Crippen LogP) is 5.06. The summed E-state index contributed by atoms with van der Waals surface area (Å²) in [6.07, 6.45) is 2.32. The zero-order valence-corrected chi connectivity index (χ0v) is 18.6. The van der Waals surface area contributed by atoms with E-state index in [-0.39, 0.29) is 24.4 Å². The summed E-state index contributed by atoms with van der Waals surface area (Å²) in [6, 6.07) is 20.3. The first-order chi connectivity index (χ1) is 14.9. The predicted molar refractivity (Wildman–Crippen MR) is 122 cm³/mol. The van der Waals surface area contributed by atoms with Gasteiger partial charge in [0, 0.05) is 23.2 Å². The van der Waals surface area contributed by atoms with E-state index in [0.29, 0.717) is 29.4 Å². The number of hydrogen-bond donors (Lipinski definition) is 0. The Morgan fingerprint density at radius 1 is 0.968 bits per heavy atom. The molecule has 5 nitrogen and oxygen atoms in total. The van der Waals surface area contributed by atoms with E-state index in [4.69, 9.17) is 16.0 Å². The summed E-state index contributed by atoms with van der Waals surface area (Å²) in [5, 5.41) is 0.564. The molecule has 1 heterocycles. The summed E-state index contributed by atoms with van der Waals surface area (Å²) < 4.78 is 5.46. The van der Waals surface area contributed by atoms with Gasteiger partial charge in [-0.1, -0.05) is 41.9 Å². The maximum Gasteiger partial charge on any atom is 0.254 e. The molecular formula is C25H27ClN2O3. The molecule has 0 radical (unpaired) electrons. The fourth-order valence-corrected chi connectivity index (χ4v) is 3.41. The summed E-state index contributed by atoms with van der Waals surface area (Å²) in [7, 11) is 0. The molecule has 3 rings (SSSR count). The third-order valence-corrected chi connectivity index (χ3v) is 5.33. The van der Waals surface area contributed by atoms with Crippen molar-refractivity contribution < 1.29 is 14.0 Å². The molecule has 6 heteroatoms. The van der Waals surface area contributed by atoms with Crippen molar-refractivity contribution in [1.82, 2.24) is 9.80 Å². The second kappa shape index (κ2) is 10.8. The largest absolute Gasteiger partial charge is 0.467 e. The van der Waals surface area contributed by atoms with Crippen LogP contribution in [0.15, 0.2) is 77.4 Å². The molecule has 0 fully saturated rings. The Labute approximate surface area is 188 Å². The topological polar surface area (TPSA) is 53.8 Å². The SMILES string of the molecule is CC(C)N(CC(=O)N(CCc1ccccc1)Cc1ccco1)C(=O)c1ccc(Cl)cc1. The maximum atomic E-state index is 13.3. The van der Waals surface area contributed by atoms with Crippen LogP contribution in [0.4, 0.5) is 0 Å². The lowest BCUT2D eigenvalue weighted by Gasteiger charge is -2.30. The van der Waals surface area contributed by atoms with Crippen LogP contribution < -0.4 is 0 Å². The highest BCUT2D eigenvalue weighted by Gasteiger charge is 2.25. The lowest BCUT2D eigenvalue weighted by Crippen LogP contribution is -2.46. The Morgan fingerprint density at radius 3 is 2.29 bits per heavy atom. The van der Waals surface area contributed by atoms with Gasteiger partial charge in [0.1, 0.15) is 12.3 Å². The van der Waals surface area contributed by atoms with E-state index in [1.54, 1.807) is 46.4 Å². The van der Waals surface area contributed by atoms with Crippen LogP contribution in [0.1, 0.15) is 35.5 Å². The molecule has 1 aromatic heterocycles. The molecule has 0 bridgehead atoms. The van der Waals surface area contributed by atoms with Crippen molar-refractivity contribution in [2.45, 2.75) is 32.9 Å². The van der Waals surface area contributed by atoms with Crippen molar-refractivity contribution in [3.8, 4) is 0 Å². The van der Waals surface area contributed by atoms with E-state index in [2.05, 4.69) is 0 Å². The van der Waals surface area contributed by atoms with Gasteiger partial charge in [-0.05, 0) is 62.2 Å². The van der Waals surface area contributed by atoms with E-state index in [0.717, 1.165) is 12.0 Å². The van der Waals surface area contributed by atoms with Gasteiger partial charge in [-0.2, -0.15) is 0 Å². The molecule has 0 aliphatic carbocycles. The van der Waals surface area contributed by atoms with E-state index < -0.39 is 0 Å². The standard InChI is InChI=1S/C25H27ClN2O3/c1-19(2)28(25(30)21-10-12-22(26)13-11-21)18-24(29)27(17-23-9-6-16-31-23)15-14-20-7-4-3-5-8-20/h3-13,16,19H,14-15,17-18H2,1-2H3. The van der Waals surface area contributed by atoms with Gasteiger partial charge >= 0.3 is 0 Å². The van der Waals surface area contributed by atoms with Crippen LogP contribution in [0.25, 0.3) is 0 Å². The molecule has 162 valence electrons. The first kappa shape index (κ1) is 22.6. The number of nitrogens with zero attached hydrogens (tertiary/aromatic N) is 2. The lowest BCUT2D eigenvalue weighted by molar-refractivity contribution is -0.133. The van der Waals surface area contributed by atoms with Crippen LogP contribution >= 0.6 is 11.6 Å². The quantitative estimate of drug-likeness (QED) is 0.469. The molecule has 0 aliphatic heterocycles. The highest BCUT2D eigenvalue weighted by atomic mass is 35.5.